The predicted molar refractivity (Wildman–Crippen MR) is 74.7 cm³/mol. The monoisotopic (exact) mass is 290 g/mol. The SMILES string of the molecule is COCCc1nsc(Oc2ccc3c(c2)CCC3=O)n1. The molecule has 1 heterocycles. The van der Waals surface area contributed by atoms with Crippen LogP contribution in [0.4, 0.5) is 0 Å². The number of hydrogen-bond acceptors (Lipinski definition) is 6. The fourth-order valence-electron chi connectivity index (χ4n) is 2.17. The number of ketones is 1. The van der Waals surface area contributed by atoms with Gasteiger partial charge in [-0.05, 0) is 30.2 Å². The number of rotatable bonds is 5. The molecule has 6 heteroatoms. The average molecular weight is 290 g/mol. The van der Waals surface area contributed by atoms with E-state index in [0.717, 1.165) is 23.4 Å². The molecule has 20 heavy (non-hydrogen) atoms. The summed E-state index contributed by atoms with van der Waals surface area (Å²) in [6, 6.07) is 5.54. The van der Waals surface area contributed by atoms with Gasteiger partial charge in [0.2, 0.25) is 0 Å². The van der Waals surface area contributed by atoms with E-state index in [1.165, 1.54) is 11.5 Å². The number of benzene rings is 1. The van der Waals surface area contributed by atoms with Gasteiger partial charge in [-0.25, -0.2) is 0 Å². The van der Waals surface area contributed by atoms with Gasteiger partial charge in [-0.3, -0.25) is 4.79 Å². The van der Waals surface area contributed by atoms with Crippen LogP contribution < -0.4 is 4.74 Å². The highest BCUT2D eigenvalue weighted by Crippen LogP contribution is 2.29. The maximum atomic E-state index is 11.6. The number of ether oxygens (including phenoxy) is 2. The van der Waals surface area contributed by atoms with Gasteiger partial charge in [0, 0.05) is 37.0 Å². The topological polar surface area (TPSA) is 61.3 Å². The Kier molecular flexibility index (Phi) is 3.75. The number of aryl methyl sites for hydroxylation is 1. The largest absolute Gasteiger partial charge is 0.430 e. The number of aromatic nitrogens is 2. The van der Waals surface area contributed by atoms with E-state index in [-0.39, 0.29) is 5.78 Å². The summed E-state index contributed by atoms with van der Waals surface area (Å²) in [4.78, 5) is 15.9. The number of nitrogens with zero attached hydrogens (tertiary/aromatic N) is 2. The Bertz CT molecular complexity index is 639. The van der Waals surface area contributed by atoms with Crippen LogP contribution in [0, 0.1) is 0 Å². The van der Waals surface area contributed by atoms with Crippen LogP contribution >= 0.6 is 11.5 Å². The lowest BCUT2D eigenvalue weighted by atomic mass is 10.1. The van der Waals surface area contributed by atoms with E-state index in [1.54, 1.807) is 13.2 Å². The summed E-state index contributed by atoms with van der Waals surface area (Å²) in [5.74, 6) is 1.64. The second-order valence-electron chi connectivity index (χ2n) is 4.56. The molecule has 5 nitrogen and oxygen atoms in total. The fraction of sp³-hybridized carbons (Fsp3) is 0.357. The number of Topliss-reactive ketones (excluding diaryl/α,β-unsaturated/α-hetero) is 1. The van der Waals surface area contributed by atoms with E-state index >= 15 is 0 Å². The number of fused-ring (bicyclic) bond motifs is 1. The average Bonchev–Trinajstić information content (AvgIpc) is 3.04. The summed E-state index contributed by atoms with van der Waals surface area (Å²) < 4.78 is 14.9. The van der Waals surface area contributed by atoms with Crippen molar-refractivity contribution in [1.29, 1.82) is 0 Å². The van der Waals surface area contributed by atoms with Gasteiger partial charge >= 0.3 is 0 Å². The molecule has 2 aromatic rings. The quantitative estimate of drug-likeness (QED) is 0.847. The second-order valence-corrected chi connectivity index (χ2v) is 5.28. The van der Waals surface area contributed by atoms with Gasteiger partial charge in [-0.1, -0.05) is 0 Å². The van der Waals surface area contributed by atoms with Crippen molar-refractivity contribution in [2.75, 3.05) is 13.7 Å². The summed E-state index contributed by atoms with van der Waals surface area (Å²) >= 11 is 1.22. The van der Waals surface area contributed by atoms with Crippen molar-refractivity contribution >= 4 is 17.3 Å². The molecule has 0 aliphatic heterocycles. The minimum Gasteiger partial charge on any atom is -0.430 e. The van der Waals surface area contributed by atoms with E-state index < -0.39 is 0 Å². The lowest BCUT2D eigenvalue weighted by molar-refractivity contribution is 0.0994. The van der Waals surface area contributed by atoms with E-state index in [0.29, 0.717) is 30.4 Å². The van der Waals surface area contributed by atoms with Crippen LogP contribution in [0.2, 0.25) is 0 Å². The van der Waals surface area contributed by atoms with Crippen LogP contribution in [0.3, 0.4) is 0 Å². The third-order valence-electron chi connectivity index (χ3n) is 3.18. The smallest absolute Gasteiger partial charge is 0.298 e. The van der Waals surface area contributed by atoms with Crippen LogP contribution in [0.5, 0.6) is 10.9 Å². The molecule has 0 radical (unpaired) electrons. The van der Waals surface area contributed by atoms with Gasteiger partial charge in [0.25, 0.3) is 5.19 Å². The van der Waals surface area contributed by atoms with Crippen LogP contribution in [0.25, 0.3) is 0 Å². The van der Waals surface area contributed by atoms with Crippen molar-refractivity contribution in [2.24, 2.45) is 0 Å². The molecule has 0 bridgehead atoms. The maximum absolute atomic E-state index is 11.6. The molecule has 1 aromatic carbocycles. The van der Waals surface area contributed by atoms with Gasteiger partial charge in [-0.2, -0.15) is 9.36 Å². The van der Waals surface area contributed by atoms with E-state index in [4.69, 9.17) is 9.47 Å². The minimum atomic E-state index is 0.212. The Morgan fingerprint density at radius 3 is 3.10 bits per heavy atom. The molecule has 3 rings (SSSR count). The third-order valence-corrected chi connectivity index (χ3v) is 3.82. The van der Waals surface area contributed by atoms with Gasteiger partial charge in [0.15, 0.2) is 5.78 Å². The summed E-state index contributed by atoms with van der Waals surface area (Å²) in [5, 5.41) is 0.514. The Morgan fingerprint density at radius 2 is 2.25 bits per heavy atom. The zero-order chi connectivity index (χ0) is 13.9. The van der Waals surface area contributed by atoms with Crippen LogP contribution in [-0.4, -0.2) is 28.9 Å². The van der Waals surface area contributed by atoms with Gasteiger partial charge < -0.3 is 9.47 Å². The number of hydrogen-bond donors (Lipinski definition) is 0. The van der Waals surface area contributed by atoms with E-state index in [2.05, 4.69) is 9.36 Å². The highest BCUT2D eigenvalue weighted by molar-refractivity contribution is 7.07. The normalized spacial score (nSPS) is 13.6. The molecule has 0 atom stereocenters. The standard InChI is InChI=1S/C14H14N2O3S/c1-18-7-6-13-15-14(20-16-13)19-10-3-4-11-9(8-10)2-5-12(11)17/h3-4,8H,2,5-7H2,1H3. The summed E-state index contributed by atoms with van der Waals surface area (Å²) in [6.07, 6.45) is 2.06. The molecule has 0 unspecified atom stereocenters. The molecule has 1 aromatic heterocycles. The zero-order valence-electron chi connectivity index (χ0n) is 11.1. The van der Waals surface area contributed by atoms with Crippen LogP contribution in [0.15, 0.2) is 18.2 Å². The molecule has 0 saturated heterocycles. The summed E-state index contributed by atoms with van der Waals surface area (Å²) in [5.41, 5.74) is 1.87. The van der Waals surface area contributed by atoms with E-state index in [9.17, 15) is 4.79 Å². The molecule has 0 amide bonds. The van der Waals surface area contributed by atoms with Crippen molar-refractivity contribution < 1.29 is 14.3 Å². The van der Waals surface area contributed by atoms with Crippen molar-refractivity contribution in [1.82, 2.24) is 9.36 Å². The first-order valence-electron chi connectivity index (χ1n) is 6.42. The Balaban J connectivity index is 1.72. The van der Waals surface area contributed by atoms with Gasteiger partial charge in [0.1, 0.15) is 11.6 Å². The Morgan fingerprint density at radius 1 is 1.35 bits per heavy atom. The summed E-state index contributed by atoms with van der Waals surface area (Å²) in [6.45, 7) is 0.594. The highest BCUT2D eigenvalue weighted by atomic mass is 32.1. The predicted octanol–water partition coefficient (Wildman–Crippen LogP) is 2.65. The first-order chi connectivity index (χ1) is 9.76. The highest BCUT2D eigenvalue weighted by Gasteiger charge is 2.19. The summed E-state index contributed by atoms with van der Waals surface area (Å²) in [7, 11) is 1.65. The van der Waals surface area contributed by atoms with Crippen LogP contribution in [0.1, 0.15) is 28.2 Å². The first-order valence-corrected chi connectivity index (χ1v) is 7.19. The lowest BCUT2D eigenvalue weighted by Gasteiger charge is -2.03. The van der Waals surface area contributed by atoms with Crippen LogP contribution in [-0.2, 0) is 17.6 Å². The second kappa shape index (κ2) is 5.68. The van der Waals surface area contributed by atoms with Crippen molar-refractivity contribution in [3.8, 4) is 10.9 Å². The Labute approximate surface area is 120 Å². The fourth-order valence-corrected chi connectivity index (χ4v) is 2.77. The third kappa shape index (κ3) is 2.71. The maximum Gasteiger partial charge on any atom is 0.298 e. The lowest BCUT2D eigenvalue weighted by Crippen LogP contribution is -1.96. The number of carbonyl (C=O) groups is 1. The van der Waals surface area contributed by atoms with Gasteiger partial charge in [-0.15, -0.1) is 0 Å². The molecule has 0 N–H and O–H groups in total. The molecule has 1 aliphatic rings. The molecule has 104 valence electrons. The Hall–Kier alpha value is -1.79. The number of methoxy groups -OCH3 is 1. The molecule has 0 fully saturated rings. The first kappa shape index (κ1) is 13.2. The van der Waals surface area contributed by atoms with Gasteiger partial charge in [0.05, 0.1) is 6.61 Å². The number of carbonyl (C=O) groups excluding carboxylic acids is 1. The van der Waals surface area contributed by atoms with Crippen molar-refractivity contribution in [3.63, 3.8) is 0 Å². The molecular weight excluding hydrogens is 276 g/mol. The zero-order valence-corrected chi connectivity index (χ0v) is 11.9. The molecule has 0 saturated carbocycles. The van der Waals surface area contributed by atoms with Crippen molar-refractivity contribution in [3.05, 3.63) is 35.2 Å². The van der Waals surface area contributed by atoms with Crippen molar-refractivity contribution in [2.45, 2.75) is 19.3 Å². The minimum absolute atomic E-state index is 0.212. The van der Waals surface area contributed by atoms with E-state index in [1.807, 2.05) is 12.1 Å². The molecular formula is C14H14N2O3S. The molecule has 1 aliphatic carbocycles. The molecule has 0 spiro atoms.